The molecule has 1 aliphatic heterocycles. The van der Waals surface area contributed by atoms with Gasteiger partial charge in [-0.05, 0) is 25.7 Å². The largest absolute Gasteiger partial charge is 0.476 e. The summed E-state index contributed by atoms with van der Waals surface area (Å²) in [5.41, 5.74) is 2.31. The molecule has 0 amide bonds. The maximum Gasteiger partial charge on any atom is 0.356 e. The number of carboxylic acids is 1. The molecular weight excluding hydrogens is 308 g/mol. The Kier molecular flexibility index (Phi) is 5.86. The summed E-state index contributed by atoms with van der Waals surface area (Å²) in [6.07, 6.45) is 3.69. The predicted octanol–water partition coefficient (Wildman–Crippen LogP) is 0.770. The van der Waals surface area contributed by atoms with E-state index in [2.05, 4.69) is 22.2 Å². The molecule has 0 aromatic carbocycles. The van der Waals surface area contributed by atoms with Crippen molar-refractivity contribution in [3.05, 3.63) is 17.0 Å². The van der Waals surface area contributed by atoms with Crippen molar-refractivity contribution in [2.75, 3.05) is 39.4 Å². The minimum atomic E-state index is -0.907. The highest BCUT2D eigenvalue weighted by atomic mass is 16.5. The minimum absolute atomic E-state index is 0.248. The van der Waals surface area contributed by atoms with Crippen LogP contribution in [0.15, 0.2) is 0 Å². The fourth-order valence-electron chi connectivity index (χ4n) is 3.68. The SMILES string of the molecule is CCCn1nc(C(=O)O)c2c1CCC(NCCN1CCOCC1)C2. The number of ether oxygens (including phenoxy) is 1. The van der Waals surface area contributed by atoms with Crippen LogP contribution in [0, 0.1) is 0 Å². The first-order chi connectivity index (χ1) is 11.7. The summed E-state index contributed by atoms with van der Waals surface area (Å²) in [6, 6.07) is 0.343. The summed E-state index contributed by atoms with van der Waals surface area (Å²) in [4.78, 5) is 13.9. The predicted molar refractivity (Wildman–Crippen MR) is 90.6 cm³/mol. The van der Waals surface area contributed by atoms with E-state index in [-0.39, 0.29) is 5.69 Å². The first-order valence-corrected chi connectivity index (χ1v) is 9.04. The van der Waals surface area contributed by atoms with Gasteiger partial charge in [0, 0.05) is 50.0 Å². The first-order valence-electron chi connectivity index (χ1n) is 9.04. The number of nitrogens with zero attached hydrogens (tertiary/aromatic N) is 3. The molecule has 134 valence electrons. The normalized spacial score (nSPS) is 21.6. The lowest BCUT2D eigenvalue weighted by Gasteiger charge is -2.29. The number of fused-ring (bicyclic) bond motifs is 1. The van der Waals surface area contributed by atoms with Crippen molar-refractivity contribution in [1.82, 2.24) is 20.0 Å². The monoisotopic (exact) mass is 336 g/mol. The van der Waals surface area contributed by atoms with E-state index < -0.39 is 5.97 Å². The van der Waals surface area contributed by atoms with Crippen molar-refractivity contribution in [1.29, 1.82) is 0 Å². The van der Waals surface area contributed by atoms with Crippen LogP contribution in [0.1, 0.15) is 41.5 Å². The van der Waals surface area contributed by atoms with E-state index in [4.69, 9.17) is 4.74 Å². The summed E-state index contributed by atoms with van der Waals surface area (Å²) < 4.78 is 7.27. The van der Waals surface area contributed by atoms with E-state index in [0.717, 1.165) is 82.9 Å². The lowest BCUT2D eigenvalue weighted by Crippen LogP contribution is -2.43. The van der Waals surface area contributed by atoms with Crippen LogP contribution >= 0.6 is 0 Å². The second-order valence-electron chi connectivity index (χ2n) is 6.65. The van der Waals surface area contributed by atoms with Gasteiger partial charge in [0.15, 0.2) is 5.69 Å². The number of carbonyl (C=O) groups is 1. The first kappa shape index (κ1) is 17.4. The lowest BCUT2D eigenvalue weighted by atomic mass is 9.91. The smallest absolute Gasteiger partial charge is 0.356 e. The number of hydrogen-bond acceptors (Lipinski definition) is 5. The summed E-state index contributed by atoms with van der Waals surface area (Å²) in [7, 11) is 0. The molecule has 0 saturated carbocycles. The van der Waals surface area contributed by atoms with Gasteiger partial charge in [-0.25, -0.2) is 4.79 Å². The molecule has 1 saturated heterocycles. The average molecular weight is 336 g/mol. The number of morpholine rings is 1. The molecule has 1 unspecified atom stereocenters. The van der Waals surface area contributed by atoms with Crippen molar-refractivity contribution in [3.63, 3.8) is 0 Å². The number of rotatable bonds is 7. The quantitative estimate of drug-likeness (QED) is 0.766. The standard InChI is InChI=1S/C17H28N4O3/c1-2-6-21-15-4-3-13(12-14(15)16(19-21)17(22)23)18-5-7-20-8-10-24-11-9-20/h13,18H,2-12H2,1H3,(H,22,23). The summed E-state index contributed by atoms with van der Waals surface area (Å²) in [5.74, 6) is -0.907. The lowest BCUT2D eigenvalue weighted by molar-refractivity contribution is 0.0381. The molecule has 2 N–H and O–H groups in total. The average Bonchev–Trinajstić information content (AvgIpc) is 2.95. The summed E-state index contributed by atoms with van der Waals surface area (Å²) >= 11 is 0. The summed E-state index contributed by atoms with van der Waals surface area (Å²) in [6.45, 7) is 8.50. The van der Waals surface area contributed by atoms with Gasteiger partial charge in [0.2, 0.25) is 0 Å². The molecule has 1 aromatic heterocycles. The molecule has 0 radical (unpaired) electrons. The zero-order valence-electron chi connectivity index (χ0n) is 14.5. The van der Waals surface area contributed by atoms with Crippen LogP contribution in [-0.2, 0) is 24.1 Å². The molecular formula is C17H28N4O3. The highest BCUT2D eigenvalue weighted by Gasteiger charge is 2.28. The van der Waals surface area contributed by atoms with Gasteiger partial charge < -0.3 is 15.2 Å². The molecule has 1 aromatic rings. The molecule has 7 nitrogen and oxygen atoms in total. The number of nitrogens with one attached hydrogen (secondary N) is 1. The van der Waals surface area contributed by atoms with E-state index in [1.165, 1.54) is 0 Å². The van der Waals surface area contributed by atoms with Crippen LogP contribution in [0.4, 0.5) is 0 Å². The van der Waals surface area contributed by atoms with Gasteiger partial charge in [-0.1, -0.05) is 6.92 Å². The van der Waals surface area contributed by atoms with Crippen LogP contribution in [0.25, 0.3) is 0 Å². The maximum absolute atomic E-state index is 11.5. The Bertz CT molecular complexity index is 566. The highest BCUT2D eigenvalue weighted by Crippen LogP contribution is 2.25. The molecule has 0 bridgehead atoms. The maximum atomic E-state index is 11.5. The van der Waals surface area contributed by atoms with E-state index >= 15 is 0 Å². The van der Waals surface area contributed by atoms with Gasteiger partial charge in [-0.15, -0.1) is 0 Å². The fourth-order valence-corrected chi connectivity index (χ4v) is 3.68. The van der Waals surface area contributed by atoms with Gasteiger partial charge in [0.05, 0.1) is 13.2 Å². The van der Waals surface area contributed by atoms with Gasteiger partial charge in [0.1, 0.15) is 0 Å². The zero-order chi connectivity index (χ0) is 16.9. The van der Waals surface area contributed by atoms with Crippen molar-refractivity contribution in [3.8, 4) is 0 Å². The third kappa shape index (κ3) is 3.96. The molecule has 1 aliphatic carbocycles. The molecule has 0 spiro atoms. The van der Waals surface area contributed by atoms with Crippen molar-refractivity contribution < 1.29 is 14.6 Å². The Balaban J connectivity index is 1.57. The van der Waals surface area contributed by atoms with Crippen molar-refractivity contribution in [2.24, 2.45) is 0 Å². The highest BCUT2D eigenvalue weighted by molar-refractivity contribution is 5.87. The van der Waals surface area contributed by atoms with Crippen LogP contribution in [0.3, 0.4) is 0 Å². The van der Waals surface area contributed by atoms with E-state index in [0.29, 0.717) is 6.04 Å². The number of aromatic carboxylic acids is 1. The Morgan fingerprint density at radius 1 is 1.38 bits per heavy atom. The van der Waals surface area contributed by atoms with E-state index in [1.54, 1.807) is 0 Å². The Labute approximate surface area is 143 Å². The van der Waals surface area contributed by atoms with Crippen LogP contribution in [0.5, 0.6) is 0 Å². The topological polar surface area (TPSA) is 79.6 Å². The second-order valence-corrected chi connectivity index (χ2v) is 6.65. The number of aryl methyl sites for hydroxylation is 1. The molecule has 1 atom stereocenters. The van der Waals surface area contributed by atoms with Gasteiger partial charge in [-0.2, -0.15) is 5.10 Å². The van der Waals surface area contributed by atoms with Crippen LogP contribution < -0.4 is 5.32 Å². The molecule has 1 fully saturated rings. The van der Waals surface area contributed by atoms with Gasteiger partial charge in [0.25, 0.3) is 0 Å². The van der Waals surface area contributed by atoms with Gasteiger partial charge >= 0.3 is 5.97 Å². The summed E-state index contributed by atoms with van der Waals surface area (Å²) in [5, 5.41) is 17.4. The molecule has 2 aliphatic rings. The van der Waals surface area contributed by atoms with E-state index in [1.807, 2.05) is 4.68 Å². The number of carboxylic acid groups (broad SMARTS) is 1. The molecule has 24 heavy (non-hydrogen) atoms. The minimum Gasteiger partial charge on any atom is -0.476 e. The van der Waals surface area contributed by atoms with E-state index in [9.17, 15) is 9.90 Å². The Morgan fingerprint density at radius 3 is 2.88 bits per heavy atom. The Morgan fingerprint density at radius 2 is 2.17 bits per heavy atom. The number of hydrogen-bond donors (Lipinski definition) is 2. The van der Waals surface area contributed by atoms with Crippen molar-refractivity contribution in [2.45, 2.75) is 45.2 Å². The molecule has 7 heteroatoms. The second kappa shape index (κ2) is 8.09. The third-order valence-electron chi connectivity index (χ3n) is 4.95. The molecule has 3 rings (SSSR count). The number of aromatic nitrogens is 2. The van der Waals surface area contributed by atoms with Crippen molar-refractivity contribution >= 4 is 5.97 Å². The zero-order valence-corrected chi connectivity index (χ0v) is 14.5. The van der Waals surface area contributed by atoms with Crippen LogP contribution in [-0.4, -0.2) is 71.2 Å². The fraction of sp³-hybridized carbons (Fsp3) is 0.765. The van der Waals surface area contributed by atoms with Crippen LogP contribution in [0.2, 0.25) is 0 Å². The Hall–Kier alpha value is -1.44. The van der Waals surface area contributed by atoms with Gasteiger partial charge in [-0.3, -0.25) is 9.58 Å². The molecule has 2 heterocycles. The third-order valence-corrected chi connectivity index (χ3v) is 4.95.